The van der Waals surface area contributed by atoms with Gasteiger partial charge in [0.25, 0.3) is 0 Å². The Morgan fingerprint density at radius 1 is 1.21 bits per heavy atom. The van der Waals surface area contributed by atoms with E-state index in [0.29, 0.717) is 19.6 Å². The van der Waals surface area contributed by atoms with Crippen molar-refractivity contribution in [2.45, 2.75) is 20.8 Å². The Balaban J connectivity index is 1.94. The fourth-order valence-electron chi connectivity index (χ4n) is 2.99. The summed E-state index contributed by atoms with van der Waals surface area (Å²) in [6.07, 6.45) is 1.26. The summed E-state index contributed by atoms with van der Waals surface area (Å²) in [5.41, 5.74) is 3.75. The molecule has 1 aliphatic rings. The van der Waals surface area contributed by atoms with Gasteiger partial charge in [0, 0.05) is 38.4 Å². The molecule has 5 nitrogen and oxygen atoms in total. The van der Waals surface area contributed by atoms with Crippen LogP contribution in [0.15, 0.2) is 30.9 Å². The highest BCUT2D eigenvalue weighted by Crippen LogP contribution is 2.22. The third-order valence-electron chi connectivity index (χ3n) is 4.53. The fourth-order valence-corrected chi connectivity index (χ4v) is 2.99. The van der Waals surface area contributed by atoms with Crippen LogP contribution in [0.3, 0.4) is 0 Å². The van der Waals surface area contributed by atoms with E-state index in [0.717, 1.165) is 13.1 Å². The van der Waals surface area contributed by atoms with Crippen molar-refractivity contribution >= 4 is 17.5 Å². The second-order valence-electron chi connectivity index (χ2n) is 6.21. The molecule has 130 valence electrons. The number of piperazine rings is 1. The molecule has 0 aliphatic carbocycles. The zero-order chi connectivity index (χ0) is 17.7. The van der Waals surface area contributed by atoms with E-state index >= 15 is 0 Å². The summed E-state index contributed by atoms with van der Waals surface area (Å²) < 4.78 is 0. The summed E-state index contributed by atoms with van der Waals surface area (Å²) in [4.78, 5) is 29.8. The first-order valence-corrected chi connectivity index (χ1v) is 8.47. The van der Waals surface area contributed by atoms with Crippen LogP contribution in [0.25, 0.3) is 0 Å². The molecule has 0 radical (unpaired) electrons. The average molecular weight is 329 g/mol. The van der Waals surface area contributed by atoms with Crippen molar-refractivity contribution in [1.82, 2.24) is 9.80 Å². The first-order valence-electron chi connectivity index (χ1n) is 8.47. The Labute approximate surface area is 144 Å². The molecule has 2 amide bonds. The standard InChI is InChI=1S/C19H27N3O2/c1-5-18(23)20(6-2)14-19(24)22-11-9-21(10-12-22)17-13-15(3)7-8-16(17)4/h5,7-8,13H,1,6,9-12,14H2,2-4H3. The van der Waals surface area contributed by atoms with E-state index in [2.05, 4.69) is 43.5 Å². The summed E-state index contributed by atoms with van der Waals surface area (Å²) in [7, 11) is 0. The molecule has 0 atom stereocenters. The predicted octanol–water partition coefficient (Wildman–Crippen LogP) is 1.99. The molecule has 1 heterocycles. The first kappa shape index (κ1) is 18.0. The summed E-state index contributed by atoms with van der Waals surface area (Å²) in [6, 6.07) is 6.46. The van der Waals surface area contributed by atoms with Gasteiger partial charge < -0.3 is 14.7 Å². The maximum atomic E-state index is 12.4. The lowest BCUT2D eigenvalue weighted by atomic mass is 10.1. The number of hydrogen-bond donors (Lipinski definition) is 0. The number of amides is 2. The number of aryl methyl sites for hydroxylation is 2. The monoisotopic (exact) mass is 329 g/mol. The predicted molar refractivity (Wildman–Crippen MR) is 97.2 cm³/mol. The second kappa shape index (κ2) is 7.99. The molecular formula is C19H27N3O2. The molecule has 1 aromatic rings. The molecule has 0 unspecified atom stereocenters. The minimum Gasteiger partial charge on any atom is -0.368 e. The topological polar surface area (TPSA) is 43.9 Å². The fraction of sp³-hybridized carbons (Fsp3) is 0.474. The van der Waals surface area contributed by atoms with Crippen molar-refractivity contribution < 1.29 is 9.59 Å². The highest BCUT2D eigenvalue weighted by Gasteiger charge is 2.24. The summed E-state index contributed by atoms with van der Waals surface area (Å²) in [5.74, 6) is -0.187. The van der Waals surface area contributed by atoms with Gasteiger partial charge in [-0.1, -0.05) is 18.7 Å². The minimum absolute atomic E-state index is 0.00710. The highest BCUT2D eigenvalue weighted by molar-refractivity contribution is 5.91. The van der Waals surface area contributed by atoms with Gasteiger partial charge in [-0.25, -0.2) is 0 Å². The molecule has 1 saturated heterocycles. The van der Waals surface area contributed by atoms with Gasteiger partial charge in [0.15, 0.2) is 0 Å². The normalized spacial score (nSPS) is 14.5. The van der Waals surface area contributed by atoms with Crippen molar-refractivity contribution in [2.24, 2.45) is 0 Å². The Morgan fingerprint density at radius 3 is 2.46 bits per heavy atom. The Bertz CT molecular complexity index is 619. The number of carbonyl (C=O) groups excluding carboxylic acids is 2. The molecule has 5 heteroatoms. The van der Waals surface area contributed by atoms with Gasteiger partial charge in [-0.05, 0) is 44.0 Å². The van der Waals surface area contributed by atoms with Crippen LogP contribution in [-0.2, 0) is 9.59 Å². The van der Waals surface area contributed by atoms with Gasteiger partial charge in [-0.2, -0.15) is 0 Å². The number of anilines is 1. The van der Waals surface area contributed by atoms with Gasteiger partial charge in [0.05, 0.1) is 6.54 Å². The lowest BCUT2D eigenvalue weighted by molar-refractivity contribution is -0.138. The zero-order valence-corrected chi connectivity index (χ0v) is 14.9. The number of likely N-dealkylation sites (N-methyl/N-ethyl adjacent to an activating group) is 1. The number of benzene rings is 1. The number of hydrogen-bond acceptors (Lipinski definition) is 3. The molecule has 1 aromatic carbocycles. The van der Waals surface area contributed by atoms with Gasteiger partial charge in [0.2, 0.25) is 11.8 Å². The van der Waals surface area contributed by atoms with Crippen LogP contribution in [0.1, 0.15) is 18.1 Å². The number of nitrogens with zero attached hydrogens (tertiary/aromatic N) is 3. The SMILES string of the molecule is C=CC(=O)N(CC)CC(=O)N1CCN(c2cc(C)ccc2C)CC1. The summed E-state index contributed by atoms with van der Waals surface area (Å²) in [5, 5.41) is 0. The smallest absolute Gasteiger partial charge is 0.246 e. The minimum atomic E-state index is -0.195. The van der Waals surface area contributed by atoms with Gasteiger partial charge in [-0.3, -0.25) is 9.59 Å². The lowest BCUT2D eigenvalue weighted by Crippen LogP contribution is -2.51. The Hall–Kier alpha value is -2.30. The lowest BCUT2D eigenvalue weighted by Gasteiger charge is -2.37. The van der Waals surface area contributed by atoms with Gasteiger partial charge in [0.1, 0.15) is 0 Å². The third-order valence-corrected chi connectivity index (χ3v) is 4.53. The van der Waals surface area contributed by atoms with Gasteiger partial charge >= 0.3 is 0 Å². The molecule has 0 bridgehead atoms. The van der Waals surface area contributed by atoms with Gasteiger partial charge in [-0.15, -0.1) is 0 Å². The molecule has 24 heavy (non-hydrogen) atoms. The van der Waals surface area contributed by atoms with Crippen LogP contribution in [0, 0.1) is 13.8 Å². The van der Waals surface area contributed by atoms with E-state index in [1.54, 1.807) is 0 Å². The third kappa shape index (κ3) is 4.16. The number of rotatable bonds is 5. The van der Waals surface area contributed by atoms with E-state index in [1.807, 2.05) is 11.8 Å². The van der Waals surface area contributed by atoms with Crippen LogP contribution in [0.5, 0.6) is 0 Å². The van der Waals surface area contributed by atoms with E-state index in [-0.39, 0.29) is 18.4 Å². The molecular weight excluding hydrogens is 302 g/mol. The molecule has 0 saturated carbocycles. The van der Waals surface area contributed by atoms with Crippen molar-refractivity contribution in [2.75, 3.05) is 44.2 Å². The second-order valence-corrected chi connectivity index (χ2v) is 6.21. The molecule has 2 rings (SSSR count). The largest absolute Gasteiger partial charge is 0.368 e. The molecule has 0 spiro atoms. The maximum Gasteiger partial charge on any atom is 0.246 e. The van der Waals surface area contributed by atoms with Crippen LogP contribution < -0.4 is 4.90 Å². The quantitative estimate of drug-likeness (QED) is 0.776. The van der Waals surface area contributed by atoms with Crippen molar-refractivity contribution in [3.05, 3.63) is 42.0 Å². The molecule has 1 aliphatic heterocycles. The average Bonchev–Trinajstić information content (AvgIpc) is 2.61. The van der Waals surface area contributed by atoms with Crippen molar-refractivity contribution in [3.8, 4) is 0 Å². The maximum absolute atomic E-state index is 12.4. The van der Waals surface area contributed by atoms with E-state index in [4.69, 9.17) is 0 Å². The van der Waals surface area contributed by atoms with E-state index in [1.165, 1.54) is 27.8 Å². The summed E-state index contributed by atoms with van der Waals surface area (Å²) >= 11 is 0. The van der Waals surface area contributed by atoms with Crippen LogP contribution in [0.4, 0.5) is 5.69 Å². The molecule has 0 N–H and O–H groups in total. The van der Waals surface area contributed by atoms with Crippen molar-refractivity contribution in [1.29, 1.82) is 0 Å². The Kier molecular flexibility index (Phi) is 6.01. The zero-order valence-electron chi connectivity index (χ0n) is 14.9. The van der Waals surface area contributed by atoms with Crippen LogP contribution in [0.2, 0.25) is 0 Å². The van der Waals surface area contributed by atoms with Crippen molar-refractivity contribution in [3.63, 3.8) is 0 Å². The highest BCUT2D eigenvalue weighted by atomic mass is 16.2. The van der Waals surface area contributed by atoms with Crippen LogP contribution >= 0.6 is 0 Å². The molecule has 1 fully saturated rings. The van der Waals surface area contributed by atoms with E-state index in [9.17, 15) is 9.59 Å². The molecule has 0 aromatic heterocycles. The Morgan fingerprint density at radius 2 is 1.88 bits per heavy atom. The van der Waals surface area contributed by atoms with Crippen LogP contribution in [-0.4, -0.2) is 60.9 Å². The first-order chi connectivity index (χ1) is 11.5. The van der Waals surface area contributed by atoms with E-state index < -0.39 is 0 Å². The number of carbonyl (C=O) groups is 2. The summed E-state index contributed by atoms with van der Waals surface area (Å²) in [6.45, 7) is 13.2.